The molecule has 0 amide bonds. The Morgan fingerprint density at radius 1 is 1.64 bits per heavy atom. The van der Waals surface area contributed by atoms with Crippen LogP contribution in [0.5, 0.6) is 0 Å². The molecule has 0 unspecified atom stereocenters. The monoisotopic (exact) mass is 280 g/mol. The van der Waals surface area contributed by atoms with Crippen molar-refractivity contribution in [3.05, 3.63) is 28.0 Å². The molecule has 0 bridgehead atoms. The summed E-state index contributed by atoms with van der Waals surface area (Å²) in [5.74, 6) is 0. The van der Waals surface area contributed by atoms with Gasteiger partial charge in [0.15, 0.2) is 0 Å². The summed E-state index contributed by atoms with van der Waals surface area (Å²) >= 11 is 8.65. The zero-order chi connectivity index (χ0) is 10.7. The number of hydrogen-bond acceptors (Lipinski definition) is 2. The summed E-state index contributed by atoms with van der Waals surface area (Å²) in [5, 5.41) is 8.93. The molecule has 0 aliphatic rings. The summed E-state index contributed by atoms with van der Waals surface area (Å²) in [6, 6.07) is 1.77. The molecule has 0 atom stereocenters. The van der Waals surface area contributed by atoms with Gasteiger partial charge in [0.25, 0.3) is 6.43 Å². The van der Waals surface area contributed by atoms with Crippen molar-refractivity contribution in [1.29, 1.82) is 5.26 Å². The summed E-state index contributed by atoms with van der Waals surface area (Å²) in [4.78, 5) is 3.49. The lowest BCUT2D eigenvalue weighted by molar-refractivity contribution is 0.145. The number of aromatic nitrogens is 1. The van der Waals surface area contributed by atoms with E-state index in [1.165, 1.54) is 0 Å². The Morgan fingerprint density at radius 3 is 2.71 bits per heavy atom. The Balaban J connectivity index is 3.42. The fraction of sp³-hybridized carbons (Fsp3) is 0.250. The standard InChI is InChI=1S/C8H4BrClF2N2/c9-1-4-5(2-13)6(10)3-14-7(4)8(11)12/h3,8H,1H2. The van der Waals surface area contributed by atoms with Gasteiger partial charge in [-0.15, -0.1) is 0 Å². The third kappa shape index (κ3) is 2.02. The van der Waals surface area contributed by atoms with Gasteiger partial charge in [0.05, 0.1) is 10.6 Å². The van der Waals surface area contributed by atoms with Gasteiger partial charge in [-0.05, 0) is 0 Å². The summed E-state index contributed by atoms with van der Waals surface area (Å²) in [6.07, 6.45) is -1.64. The predicted octanol–water partition coefficient (Wildman–Crippen LogP) is 3.44. The topological polar surface area (TPSA) is 36.7 Å². The van der Waals surface area contributed by atoms with Crippen LogP contribution in [0.15, 0.2) is 6.20 Å². The molecule has 0 aliphatic carbocycles. The summed E-state index contributed by atoms with van der Waals surface area (Å²) in [5.41, 5.74) is -0.202. The van der Waals surface area contributed by atoms with Crippen molar-refractivity contribution < 1.29 is 8.78 Å². The molecule has 1 heterocycles. The highest BCUT2D eigenvalue weighted by atomic mass is 79.9. The molecule has 1 aromatic heterocycles. The Kier molecular flexibility index (Phi) is 3.78. The van der Waals surface area contributed by atoms with Crippen LogP contribution >= 0.6 is 27.5 Å². The summed E-state index contributed by atoms with van der Waals surface area (Å²) in [7, 11) is 0. The minimum absolute atomic E-state index is 0.0499. The van der Waals surface area contributed by atoms with Crippen molar-refractivity contribution in [2.45, 2.75) is 11.8 Å². The second-order valence-electron chi connectivity index (χ2n) is 2.39. The maximum atomic E-state index is 12.4. The van der Waals surface area contributed by atoms with Gasteiger partial charge >= 0.3 is 0 Å². The molecule has 0 N–H and O–H groups in total. The molecule has 0 aliphatic heterocycles. The van der Waals surface area contributed by atoms with Crippen LogP contribution in [-0.4, -0.2) is 4.98 Å². The fourth-order valence-corrected chi connectivity index (χ4v) is 1.76. The van der Waals surface area contributed by atoms with E-state index in [2.05, 4.69) is 20.9 Å². The van der Waals surface area contributed by atoms with Crippen molar-refractivity contribution in [2.75, 3.05) is 0 Å². The average Bonchev–Trinajstić information content (AvgIpc) is 2.16. The Bertz CT molecular complexity index is 390. The van der Waals surface area contributed by atoms with Crippen LogP contribution in [0.25, 0.3) is 0 Å². The first-order chi connectivity index (χ1) is 6.61. The van der Waals surface area contributed by atoms with Gasteiger partial charge < -0.3 is 0 Å². The third-order valence-corrected chi connectivity index (χ3v) is 2.47. The second kappa shape index (κ2) is 4.67. The molecule has 6 heteroatoms. The Labute approximate surface area is 92.6 Å². The SMILES string of the molecule is N#Cc1c(Cl)cnc(C(F)F)c1CBr. The Hall–Kier alpha value is -0.730. The summed E-state index contributed by atoms with van der Waals surface area (Å²) < 4.78 is 24.9. The molecule has 14 heavy (non-hydrogen) atoms. The molecule has 2 nitrogen and oxygen atoms in total. The fourth-order valence-electron chi connectivity index (χ4n) is 0.985. The first-order valence-electron chi connectivity index (χ1n) is 3.53. The van der Waals surface area contributed by atoms with Crippen LogP contribution in [-0.2, 0) is 5.33 Å². The van der Waals surface area contributed by atoms with Gasteiger partial charge in [-0.1, -0.05) is 27.5 Å². The van der Waals surface area contributed by atoms with Crippen LogP contribution in [0.1, 0.15) is 23.2 Å². The average molecular weight is 281 g/mol. The minimum atomic E-state index is -2.70. The molecule has 0 radical (unpaired) electrons. The van der Waals surface area contributed by atoms with Crippen molar-refractivity contribution in [1.82, 2.24) is 4.98 Å². The normalized spacial score (nSPS) is 10.3. The highest BCUT2D eigenvalue weighted by Gasteiger charge is 2.19. The van der Waals surface area contributed by atoms with E-state index in [-0.39, 0.29) is 21.5 Å². The lowest BCUT2D eigenvalue weighted by atomic mass is 10.1. The van der Waals surface area contributed by atoms with Crippen molar-refractivity contribution in [3.63, 3.8) is 0 Å². The molecule has 0 spiro atoms. The zero-order valence-corrected chi connectivity index (χ0v) is 9.11. The van der Waals surface area contributed by atoms with E-state index in [4.69, 9.17) is 16.9 Å². The molecule has 74 valence electrons. The molecule has 1 aromatic rings. The van der Waals surface area contributed by atoms with E-state index in [9.17, 15) is 8.78 Å². The number of hydrogen-bond donors (Lipinski definition) is 0. The van der Waals surface area contributed by atoms with Crippen LogP contribution in [0.3, 0.4) is 0 Å². The lowest BCUT2D eigenvalue weighted by Crippen LogP contribution is -2.00. The summed E-state index contributed by atoms with van der Waals surface area (Å²) in [6.45, 7) is 0. The van der Waals surface area contributed by atoms with Crippen molar-refractivity contribution in [2.24, 2.45) is 0 Å². The molecular weight excluding hydrogens is 277 g/mol. The molecule has 0 aromatic carbocycles. The van der Waals surface area contributed by atoms with E-state index in [1.54, 1.807) is 6.07 Å². The van der Waals surface area contributed by atoms with Crippen molar-refractivity contribution >= 4 is 27.5 Å². The molecule has 0 saturated heterocycles. The van der Waals surface area contributed by atoms with Gasteiger partial charge in [0.1, 0.15) is 11.8 Å². The van der Waals surface area contributed by atoms with Gasteiger partial charge in [0.2, 0.25) is 0 Å². The van der Waals surface area contributed by atoms with Gasteiger partial charge in [-0.3, -0.25) is 4.98 Å². The molecule has 0 fully saturated rings. The minimum Gasteiger partial charge on any atom is -0.253 e. The van der Waals surface area contributed by atoms with E-state index < -0.39 is 12.1 Å². The largest absolute Gasteiger partial charge is 0.280 e. The van der Waals surface area contributed by atoms with Crippen LogP contribution in [0.2, 0.25) is 5.02 Å². The quantitative estimate of drug-likeness (QED) is 0.779. The number of halogens is 4. The zero-order valence-electron chi connectivity index (χ0n) is 6.77. The molecular formula is C8H4BrClF2N2. The maximum Gasteiger partial charge on any atom is 0.280 e. The van der Waals surface area contributed by atoms with Crippen molar-refractivity contribution in [3.8, 4) is 6.07 Å². The van der Waals surface area contributed by atoms with E-state index in [0.717, 1.165) is 6.20 Å². The van der Waals surface area contributed by atoms with Gasteiger partial charge in [-0.25, -0.2) is 8.78 Å². The molecule has 0 saturated carbocycles. The number of alkyl halides is 3. The van der Waals surface area contributed by atoms with E-state index in [1.807, 2.05) is 0 Å². The number of nitriles is 1. The first kappa shape index (κ1) is 11.3. The second-order valence-corrected chi connectivity index (χ2v) is 3.36. The highest BCUT2D eigenvalue weighted by molar-refractivity contribution is 9.08. The van der Waals surface area contributed by atoms with Crippen LogP contribution in [0.4, 0.5) is 8.78 Å². The van der Waals surface area contributed by atoms with Crippen LogP contribution < -0.4 is 0 Å². The number of rotatable bonds is 2. The first-order valence-corrected chi connectivity index (χ1v) is 5.03. The van der Waals surface area contributed by atoms with Gasteiger partial charge in [0, 0.05) is 17.1 Å². The van der Waals surface area contributed by atoms with Crippen LogP contribution in [0, 0.1) is 11.3 Å². The highest BCUT2D eigenvalue weighted by Crippen LogP contribution is 2.28. The maximum absolute atomic E-state index is 12.4. The Morgan fingerprint density at radius 2 is 2.29 bits per heavy atom. The van der Waals surface area contributed by atoms with E-state index >= 15 is 0 Å². The number of nitrogens with zero attached hydrogens (tertiary/aromatic N) is 2. The predicted molar refractivity (Wildman–Crippen MR) is 51.6 cm³/mol. The number of pyridine rings is 1. The van der Waals surface area contributed by atoms with Gasteiger partial charge in [-0.2, -0.15) is 5.26 Å². The third-order valence-electron chi connectivity index (χ3n) is 1.62. The molecule has 1 rings (SSSR count). The smallest absolute Gasteiger partial charge is 0.253 e. The lowest BCUT2D eigenvalue weighted by Gasteiger charge is -2.07. The van der Waals surface area contributed by atoms with E-state index in [0.29, 0.717) is 0 Å².